The first-order chi connectivity index (χ1) is 15.7. The van der Waals surface area contributed by atoms with Crippen molar-refractivity contribution in [1.29, 1.82) is 0 Å². The summed E-state index contributed by atoms with van der Waals surface area (Å²) in [6.07, 6.45) is 0. The summed E-state index contributed by atoms with van der Waals surface area (Å²) in [5.74, 6) is 0.168. The second-order valence-corrected chi connectivity index (χ2v) is 11.5. The van der Waals surface area contributed by atoms with E-state index in [-0.39, 0.29) is 9.23 Å². The number of benzene rings is 2. The maximum absolute atomic E-state index is 13.5. The fourth-order valence-electron chi connectivity index (χ4n) is 4.00. The Morgan fingerprint density at radius 1 is 1.12 bits per heavy atom. The van der Waals surface area contributed by atoms with Crippen molar-refractivity contribution in [2.24, 2.45) is 0 Å². The number of sulfonamides is 1. The number of ether oxygens (including phenoxy) is 1. The Morgan fingerprint density at radius 2 is 1.85 bits per heavy atom. The first kappa shape index (κ1) is 23.8. The second-order valence-electron chi connectivity index (χ2n) is 8.11. The topological polar surface area (TPSA) is 70.7 Å². The molecule has 1 saturated heterocycles. The standard InChI is InChI=1S/C23H25ClFN3O3S2/c1-14-12-28(13-15(2)26-14)20-11-17(5-7-21(20)31-3)27-33(29,30)23-9-8-22(32-23)16-4-6-19(25)18(24)10-16/h4-11,14-15,26-27H,12-13H2,1-3H3/t14-,15+. The molecule has 1 aliphatic heterocycles. The van der Waals surface area contributed by atoms with Crippen LogP contribution in [-0.2, 0) is 10.0 Å². The molecule has 1 aromatic heterocycles. The first-order valence-corrected chi connectivity index (χ1v) is 13.1. The van der Waals surface area contributed by atoms with E-state index in [9.17, 15) is 12.8 Å². The third-order valence-corrected chi connectivity index (χ3v) is 8.68. The van der Waals surface area contributed by atoms with Crippen LogP contribution >= 0.6 is 22.9 Å². The highest BCUT2D eigenvalue weighted by Gasteiger charge is 2.25. The quantitative estimate of drug-likeness (QED) is 0.477. The van der Waals surface area contributed by atoms with Crippen molar-refractivity contribution >= 4 is 44.3 Å². The molecule has 2 N–H and O–H groups in total. The van der Waals surface area contributed by atoms with Crippen LogP contribution in [0.5, 0.6) is 5.75 Å². The number of thiophene rings is 1. The third kappa shape index (κ3) is 5.27. The summed E-state index contributed by atoms with van der Waals surface area (Å²) < 4.78 is 48.0. The van der Waals surface area contributed by atoms with Gasteiger partial charge < -0.3 is 15.0 Å². The molecule has 0 spiro atoms. The molecule has 2 aromatic carbocycles. The fraction of sp³-hybridized carbons (Fsp3) is 0.304. The van der Waals surface area contributed by atoms with E-state index in [2.05, 4.69) is 28.8 Å². The van der Waals surface area contributed by atoms with Gasteiger partial charge in [0.25, 0.3) is 10.0 Å². The molecule has 0 unspecified atom stereocenters. The van der Waals surface area contributed by atoms with E-state index in [1.807, 2.05) is 0 Å². The summed E-state index contributed by atoms with van der Waals surface area (Å²) in [5, 5.41) is 3.48. The van der Waals surface area contributed by atoms with Crippen LogP contribution < -0.4 is 19.7 Å². The summed E-state index contributed by atoms with van der Waals surface area (Å²) in [4.78, 5) is 2.88. The summed E-state index contributed by atoms with van der Waals surface area (Å²) in [6, 6.07) is 13.4. The zero-order valence-electron chi connectivity index (χ0n) is 18.4. The lowest BCUT2D eigenvalue weighted by Crippen LogP contribution is -2.54. The van der Waals surface area contributed by atoms with Gasteiger partial charge in [-0.05, 0) is 61.9 Å². The summed E-state index contributed by atoms with van der Waals surface area (Å²) >= 11 is 6.96. The number of hydrogen-bond acceptors (Lipinski definition) is 6. The number of anilines is 2. The molecule has 2 heterocycles. The average molecular weight is 510 g/mol. The zero-order valence-corrected chi connectivity index (χ0v) is 20.8. The monoisotopic (exact) mass is 509 g/mol. The van der Waals surface area contributed by atoms with E-state index in [0.29, 0.717) is 34.0 Å². The van der Waals surface area contributed by atoms with Gasteiger partial charge in [-0.1, -0.05) is 17.7 Å². The normalized spacial score (nSPS) is 18.9. The SMILES string of the molecule is COc1ccc(NS(=O)(=O)c2ccc(-c3ccc(F)c(Cl)c3)s2)cc1N1C[C@@H](C)N[C@@H](C)C1. The molecule has 0 aliphatic carbocycles. The molecule has 0 saturated carbocycles. The molecular weight excluding hydrogens is 485 g/mol. The number of halogens is 2. The molecule has 0 radical (unpaired) electrons. The second kappa shape index (κ2) is 9.50. The highest BCUT2D eigenvalue weighted by molar-refractivity contribution is 7.94. The lowest BCUT2D eigenvalue weighted by atomic mass is 10.1. The summed E-state index contributed by atoms with van der Waals surface area (Å²) in [5.41, 5.74) is 1.94. The number of nitrogens with one attached hydrogen (secondary N) is 2. The van der Waals surface area contributed by atoms with Crippen LogP contribution in [0.4, 0.5) is 15.8 Å². The maximum atomic E-state index is 13.5. The van der Waals surface area contributed by atoms with Crippen LogP contribution in [0, 0.1) is 5.82 Å². The number of piperazine rings is 1. The van der Waals surface area contributed by atoms with Gasteiger partial charge in [0.05, 0.1) is 23.5 Å². The smallest absolute Gasteiger partial charge is 0.271 e. The van der Waals surface area contributed by atoms with Gasteiger partial charge in [0.1, 0.15) is 15.8 Å². The van der Waals surface area contributed by atoms with Gasteiger partial charge in [-0.25, -0.2) is 12.8 Å². The van der Waals surface area contributed by atoms with E-state index in [0.717, 1.165) is 30.1 Å². The van der Waals surface area contributed by atoms with Crippen LogP contribution in [-0.4, -0.2) is 40.7 Å². The molecule has 176 valence electrons. The van der Waals surface area contributed by atoms with E-state index >= 15 is 0 Å². The lowest BCUT2D eigenvalue weighted by Gasteiger charge is -2.38. The van der Waals surface area contributed by atoms with Crippen LogP contribution in [0.15, 0.2) is 52.7 Å². The number of nitrogens with zero attached hydrogens (tertiary/aromatic N) is 1. The van der Waals surface area contributed by atoms with Crippen LogP contribution in [0.1, 0.15) is 13.8 Å². The third-order valence-electron chi connectivity index (χ3n) is 5.38. The molecule has 4 rings (SSSR count). The minimum atomic E-state index is -3.82. The zero-order chi connectivity index (χ0) is 23.8. The first-order valence-electron chi connectivity index (χ1n) is 10.4. The molecule has 10 heteroatoms. The van der Waals surface area contributed by atoms with Gasteiger partial charge in [-0.2, -0.15) is 0 Å². The van der Waals surface area contributed by atoms with E-state index in [4.69, 9.17) is 16.3 Å². The summed E-state index contributed by atoms with van der Waals surface area (Å²) in [7, 11) is -2.21. The van der Waals surface area contributed by atoms with Crippen molar-refractivity contribution in [3.63, 3.8) is 0 Å². The van der Waals surface area contributed by atoms with Gasteiger partial charge in [0, 0.05) is 30.1 Å². The minimum absolute atomic E-state index is 0.00857. The van der Waals surface area contributed by atoms with Crippen molar-refractivity contribution in [3.8, 4) is 16.2 Å². The average Bonchev–Trinajstić information content (AvgIpc) is 3.26. The molecule has 1 fully saturated rings. The predicted octanol–water partition coefficient (Wildman–Crippen LogP) is 5.20. The van der Waals surface area contributed by atoms with Gasteiger partial charge in [0.2, 0.25) is 0 Å². The van der Waals surface area contributed by atoms with Gasteiger partial charge in [-0.15, -0.1) is 11.3 Å². The Bertz CT molecular complexity index is 1260. The van der Waals surface area contributed by atoms with Crippen molar-refractivity contribution in [3.05, 3.63) is 59.4 Å². The number of methoxy groups -OCH3 is 1. The van der Waals surface area contributed by atoms with E-state index in [1.54, 1.807) is 37.4 Å². The molecule has 1 aliphatic rings. The fourth-order valence-corrected chi connectivity index (χ4v) is 6.53. The van der Waals surface area contributed by atoms with Crippen molar-refractivity contribution in [1.82, 2.24) is 5.32 Å². The number of rotatable bonds is 6. The highest BCUT2D eigenvalue weighted by Crippen LogP contribution is 2.36. The predicted molar refractivity (Wildman–Crippen MR) is 133 cm³/mol. The van der Waals surface area contributed by atoms with Crippen molar-refractivity contribution in [2.45, 2.75) is 30.1 Å². The van der Waals surface area contributed by atoms with Gasteiger partial charge >= 0.3 is 0 Å². The largest absolute Gasteiger partial charge is 0.495 e. The Balaban J connectivity index is 1.59. The minimum Gasteiger partial charge on any atom is -0.495 e. The highest BCUT2D eigenvalue weighted by atomic mass is 35.5. The Kier molecular flexibility index (Phi) is 6.86. The molecule has 0 amide bonds. The summed E-state index contributed by atoms with van der Waals surface area (Å²) in [6.45, 7) is 5.80. The molecule has 2 atom stereocenters. The maximum Gasteiger partial charge on any atom is 0.271 e. The van der Waals surface area contributed by atoms with Gasteiger partial charge in [-0.3, -0.25) is 4.72 Å². The Hall–Kier alpha value is -2.33. The Labute approximate surface area is 202 Å². The Morgan fingerprint density at radius 3 is 2.52 bits per heavy atom. The van der Waals surface area contributed by atoms with E-state index < -0.39 is 15.8 Å². The molecular formula is C23H25ClFN3O3S2. The molecule has 3 aromatic rings. The van der Waals surface area contributed by atoms with Crippen molar-refractivity contribution < 1.29 is 17.5 Å². The molecule has 0 bridgehead atoms. The molecule has 33 heavy (non-hydrogen) atoms. The molecule has 6 nitrogen and oxygen atoms in total. The van der Waals surface area contributed by atoms with Crippen LogP contribution in [0.25, 0.3) is 10.4 Å². The van der Waals surface area contributed by atoms with Crippen molar-refractivity contribution in [2.75, 3.05) is 29.8 Å². The lowest BCUT2D eigenvalue weighted by molar-refractivity contribution is 0.391. The van der Waals surface area contributed by atoms with Crippen LogP contribution in [0.3, 0.4) is 0 Å². The van der Waals surface area contributed by atoms with Gasteiger partial charge in [0.15, 0.2) is 0 Å². The van der Waals surface area contributed by atoms with E-state index in [1.165, 1.54) is 18.2 Å². The van der Waals surface area contributed by atoms with Crippen LogP contribution in [0.2, 0.25) is 5.02 Å². The number of hydrogen-bond donors (Lipinski definition) is 2.